The molecular formula is C114H150N4O8S4. The van der Waals surface area contributed by atoms with Crippen molar-refractivity contribution in [3.8, 4) is 56.0 Å². The van der Waals surface area contributed by atoms with E-state index in [1.807, 2.05) is 10.9 Å². The van der Waals surface area contributed by atoms with E-state index in [9.17, 15) is 24.6 Å². The zero-order valence-corrected chi connectivity index (χ0v) is 87.5. The normalized spacial score (nSPS) is 12.6. The Bertz CT molecular complexity index is 5580. The maximum Gasteiger partial charge on any atom is 0.319 e. The van der Waals surface area contributed by atoms with Gasteiger partial charge in [0, 0.05) is 31.4 Å². The molecule has 130 heavy (non-hydrogen) atoms. The van der Waals surface area contributed by atoms with Crippen LogP contribution in [0.4, 0.5) is 0 Å². The van der Waals surface area contributed by atoms with Crippen LogP contribution in [-0.2, 0) is 63.7 Å². The predicted molar refractivity (Wildman–Crippen MR) is 557 cm³/mol. The monoisotopic (exact) mass is 1830 g/mol. The molecule has 0 fully saturated rings. The highest BCUT2D eigenvalue weighted by atomic mass is 32.1. The Morgan fingerprint density at radius 1 is 0.285 bits per heavy atom. The zero-order chi connectivity index (χ0) is 98.1. The molecule has 16 heteroatoms. The second kappa shape index (κ2) is 40.4. The Labute approximate surface area is 801 Å². The maximum atomic E-state index is 18.3. The molecule has 0 atom stereocenters. The summed E-state index contributed by atoms with van der Waals surface area (Å²) in [6.45, 7) is 72.7. The Balaban J connectivity index is 0.000000824. The molecular weight excluding hydrogens is 1680 g/mol. The van der Waals surface area contributed by atoms with Crippen molar-refractivity contribution in [1.29, 1.82) is 0 Å². The fourth-order valence-corrected chi connectivity index (χ4v) is 21.4. The van der Waals surface area contributed by atoms with E-state index >= 15 is 4.79 Å². The molecule has 0 saturated heterocycles. The lowest BCUT2D eigenvalue weighted by atomic mass is 9.45. The largest absolute Gasteiger partial charge is 0.507 e. The van der Waals surface area contributed by atoms with E-state index in [0.29, 0.717) is 19.3 Å². The number of rotatable bonds is 21. The lowest BCUT2D eigenvalue weighted by Gasteiger charge is -2.55. The third kappa shape index (κ3) is 23.1. The van der Waals surface area contributed by atoms with Crippen LogP contribution in [0.3, 0.4) is 0 Å². The van der Waals surface area contributed by atoms with E-state index in [0.717, 1.165) is 201 Å². The SMILES string of the molecule is Cc1cc(S)c(C(C)(C)C)cc1-c1cc(C(C)(C)C)c(C(CCCCCCCCC(=O)O)(c2cc(C)c(-c3cc(C(C)(C)C)c(S)cc3C)cc2C(C)(C)C)C(C(=O)O)(c2cc(C)c(-c3cc(C(C)(C)C)c(S)cc3C)cc2C(C)(C)C)c2cc(C)c(-c3cc(C(C)(C)C)c(S)cc3C)cc2C(C)(C)C)cc1C.NNC(=O)c1ccccc1O.NNC(=O)c1ccccc1O. The molecule has 0 bridgehead atoms. The topological polar surface area (TPSA) is 225 Å². The van der Waals surface area contributed by atoms with Crippen LogP contribution < -0.4 is 22.5 Å². The number of nitrogen functional groups attached to an aromatic ring is 2. The van der Waals surface area contributed by atoms with Gasteiger partial charge in [0.1, 0.15) is 16.9 Å². The Kier molecular flexibility index (Phi) is 33.1. The van der Waals surface area contributed by atoms with Gasteiger partial charge in [-0.15, -0.1) is 50.5 Å². The third-order valence-corrected chi connectivity index (χ3v) is 27.4. The minimum Gasteiger partial charge on any atom is -0.507 e. The summed E-state index contributed by atoms with van der Waals surface area (Å²) in [5.74, 6) is 6.89. The fourth-order valence-electron chi connectivity index (χ4n) is 19.0. The number of benzene rings is 10. The number of phenols is 2. The number of carboxylic acids is 2. The molecule has 0 unspecified atom stereocenters. The molecule has 0 aliphatic carbocycles. The summed E-state index contributed by atoms with van der Waals surface area (Å²) in [6.07, 6.45) is 5.08. The summed E-state index contributed by atoms with van der Waals surface area (Å²) in [4.78, 5) is 55.8. The van der Waals surface area contributed by atoms with Crippen molar-refractivity contribution in [2.45, 2.75) is 347 Å². The molecule has 0 heterocycles. The molecule has 0 aliphatic rings. The van der Waals surface area contributed by atoms with Gasteiger partial charge in [-0.3, -0.25) is 30.0 Å². The highest BCUT2D eigenvalue weighted by molar-refractivity contribution is 7.81. The average Bonchev–Trinajstić information content (AvgIpc) is 0.667. The van der Waals surface area contributed by atoms with Crippen LogP contribution >= 0.6 is 50.5 Å². The van der Waals surface area contributed by atoms with E-state index in [1.165, 1.54) is 24.3 Å². The number of nitrogens with one attached hydrogen (secondary N) is 2. The molecule has 12 nitrogen and oxygen atoms in total. The highest BCUT2D eigenvalue weighted by Crippen LogP contribution is 2.64. The summed E-state index contributed by atoms with van der Waals surface area (Å²) in [6, 6.07) is 50.1. The molecule has 0 aromatic heterocycles. The highest BCUT2D eigenvalue weighted by Gasteiger charge is 2.65. The van der Waals surface area contributed by atoms with Crippen molar-refractivity contribution < 1.29 is 39.6 Å². The summed E-state index contributed by atoms with van der Waals surface area (Å²) < 4.78 is 0. The van der Waals surface area contributed by atoms with Crippen molar-refractivity contribution in [2.24, 2.45) is 11.7 Å². The van der Waals surface area contributed by atoms with E-state index in [2.05, 4.69) is 319 Å². The Morgan fingerprint density at radius 3 is 0.715 bits per heavy atom. The fraction of sp³-hybridized carbons (Fsp3) is 0.439. The molecule has 0 radical (unpaired) electrons. The van der Waals surface area contributed by atoms with Gasteiger partial charge in [0.2, 0.25) is 0 Å². The van der Waals surface area contributed by atoms with Gasteiger partial charge < -0.3 is 20.4 Å². The zero-order valence-electron chi connectivity index (χ0n) is 83.9. The molecule has 0 saturated carbocycles. The number of aromatic hydroxyl groups is 2. The standard InChI is InChI=1S/C100H134O4S4.2C7H8N2O2/c1-57-41-77(73(91(9,10)11)49-65(57)69-53-81(95(21,22)23)85(105)45-61(69)5)99(40-38-36-34-33-35-37-39-89(101)102,78-42-58(2)66(50-74(78)92(12,13)14)70-54-82(96(24,25)26)86(106)46-62(70)6)100(90(103)104,79-43-59(3)67(51-75(79)93(15,16)17)71-55-83(97(27,28)29)87(107)47-63(71)7)80-44-60(4)68(52-76(80)94(18,19)20)72-56-84(98(30,31)32)88(108)48-64(72)8;2*8-9-7(11)5-3-1-2-4-6(5)10/h41-56,105-108H,33-40H2,1-32H3,(H,101,102)(H,103,104);2*1-4,10H,8H2,(H,9,11). The number of amides is 2. The van der Waals surface area contributed by atoms with Crippen molar-refractivity contribution in [1.82, 2.24) is 10.9 Å². The van der Waals surface area contributed by atoms with Crippen LogP contribution in [0.15, 0.2) is 165 Å². The number of hydrogen-bond donors (Lipinski definition) is 12. The molecule has 698 valence electrons. The maximum absolute atomic E-state index is 18.3. The molecule has 0 spiro atoms. The minimum absolute atomic E-state index is 0.0737. The van der Waals surface area contributed by atoms with Gasteiger partial charge in [-0.25, -0.2) is 11.7 Å². The summed E-state index contributed by atoms with van der Waals surface area (Å²) >= 11 is 20.7. The van der Waals surface area contributed by atoms with Gasteiger partial charge in [-0.1, -0.05) is 271 Å². The first-order chi connectivity index (χ1) is 59.7. The van der Waals surface area contributed by atoms with Crippen molar-refractivity contribution in [2.75, 3.05) is 0 Å². The van der Waals surface area contributed by atoms with Crippen molar-refractivity contribution >= 4 is 74.3 Å². The van der Waals surface area contributed by atoms with Crippen LogP contribution in [0.5, 0.6) is 11.5 Å². The smallest absolute Gasteiger partial charge is 0.319 e. The molecule has 10 rings (SSSR count). The number of unbranched alkanes of at least 4 members (excludes halogenated alkanes) is 5. The third-order valence-electron chi connectivity index (χ3n) is 25.9. The number of aryl methyl sites for hydroxylation is 8. The van der Waals surface area contributed by atoms with Gasteiger partial charge in [0.05, 0.1) is 11.1 Å². The van der Waals surface area contributed by atoms with E-state index in [-0.39, 0.29) is 50.7 Å². The number of carboxylic acid groups (broad SMARTS) is 2. The molecule has 10 N–H and O–H groups in total. The van der Waals surface area contributed by atoms with Crippen LogP contribution in [0.2, 0.25) is 0 Å². The summed E-state index contributed by atoms with van der Waals surface area (Å²) in [7, 11) is 0. The average molecular weight is 1830 g/mol. The van der Waals surface area contributed by atoms with Crippen LogP contribution in [0, 0.1) is 55.4 Å². The Hall–Kier alpha value is -9.00. The summed E-state index contributed by atoms with van der Waals surface area (Å²) in [5, 5.41) is 43.0. The van der Waals surface area contributed by atoms with Gasteiger partial charge >= 0.3 is 11.9 Å². The first-order valence-electron chi connectivity index (χ1n) is 45.8. The second-order valence-electron chi connectivity index (χ2n) is 44.5. The predicted octanol–water partition coefficient (Wildman–Crippen LogP) is 28.9. The molecule has 0 aliphatic heterocycles. The number of hydrazine groups is 2. The molecule has 10 aromatic carbocycles. The molecule has 10 aromatic rings. The number of carbonyl (C=O) groups excluding carboxylic acids is 2. The molecule has 2 amide bonds. The van der Waals surface area contributed by atoms with E-state index in [1.54, 1.807) is 24.3 Å². The summed E-state index contributed by atoms with van der Waals surface area (Å²) in [5.41, 5.74) is 26.8. The first-order valence-corrected chi connectivity index (χ1v) is 47.6. The van der Waals surface area contributed by atoms with E-state index in [4.69, 9.17) is 72.4 Å². The van der Waals surface area contributed by atoms with Gasteiger partial charge in [0.25, 0.3) is 11.8 Å². The lowest BCUT2D eigenvalue weighted by molar-refractivity contribution is -0.145. The number of para-hydroxylation sites is 2. The van der Waals surface area contributed by atoms with E-state index < -0.39 is 56.2 Å². The van der Waals surface area contributed by atoms with Gasteiger partial charge in [-0.2, -0.15) is 0 Å². The Morgan fingerprint density at radius 2 is 0.492 bits per heavy atom. The number of hydrogen-bond acceptors (Lipinski definition) is 12. The second-order valence-corrected chi connectivity index (χ2v) is 46.5. The number of nitrogens with two attached hydrogens (primary N) is 2. The van der Waals surface area contributed by atoms with Crippen LogP contribution in [-0.4, -0.2) is 44.2 Å². The van der Waals surface area contributed by atoms with Gasteiger partial charge in [-0.05, 0) is 340 Å². The van der Waals surface area contributed by atoms with Gasteiger partial charge in [0.15, 0.2) is 0 Å². The number of carbonyl (C=O) groups is 4. The minimum atomic E-state index is -1.98. The lowest BCUT2D eigenvalue weighted by Crippen LogP contribution is -2.59. The van der Waals surface area contributed by atoms with Crippen LogP contribution in [0.1, 0.15) is 350 Å². The number of aliphatic carboxylic acids is 2. The number of thiol groups is 4. The first kappa shape index (κ1) is 106. The quantitative estimate of drug-likeness (QED) is 0.0107. The van der Waals surface area contributed by atoms with Crippen LogP contribution in [0.25, 0.3) is 44.5 Å². The van der Waals surface area contributed by atoms with Crippen molar-refractivity contribution in [3.05, 3.63) is 268 Å². The van der Waals surface area contributed by atoms with Crippen molar-refractivity contribution in [3.63, 3.8) is 0 Å². The number of phenolic OH excluding ortho intramolecular Hbond substituents is 2.